The molecule has 1 aromatic heterocycles. The van der Waals surface area contributed by atoms with Gasteiger partial charge in [-0.1, -0.05) is 84.6 Å². The van der Waals surface area contributed by atoms with E-state index in [1.807, 2.05) is 30.3 Å². The van der Waals surface area contributed by atoms with E-state index in [9.17, 15) is 0 Å². The minimum Gasteiger partial charge on any atom is -0.456 e. The van der Waals surface area contributed by atoms with Crippen LogP contribution in [-0.2, 0) is 11.8 Å². The molecular formula is C35H22NO2PS. The third-order valence-corrected chi connectivity index (χ3v) is 12.5. The van der Waals surface area contributed by atoms with Crippen molar-refractivity contribution < 1.29 is 9.47 Å². The number of ether oxygens (including phenoxy) is 2. The van der Waals surface area contributed by atoms with Crippen LogP contribution >= 0.6 is 6.04 Å². The van der Waals surface area contributed by atoms with Gasteiger partial charge in [0.1, 0.15) is 23.0 Å². The normalized spacial score (nSPS) is 16.1. The maximum absolute atomic E-state index is 6.83. The van der Waals surface area contributed by atoms with Crippen molar-refractivity contribution in [1.82, 2.24) is 4.98 Å². The van der Waals surface area contributed by atoms with Gasteiger partial charge in [0.25, 0.3) is 0 Å². The van der Waals surface area contributed by atoms with Crippen molar-refractivity contribution in [3.63, 3.8) is 0 Å². The molecule has 0 amide bonds. The minimum absolute atomic E-state index is 0.770. The van der Waals surface area contributed by atoms with E-state index in [1.165, 1.54) is 0 Å². The molecule has 1 unspecified atom stereocenters. The summed E-state index contributed by atoms with van der Waals surface area (Å²) in [7, 11) is 0. The van der Waals surface area contributed by atoms with Crippen LogP contribution in [0.3, 0.4) is 0 Å². The summed E-state index contributed by atoms with van der Waals surface area (Å²) in [4.78, 5) is 4.22. The number of hydrogen-bond donors (Lipinski definition) is 0. The van der Waals surface area contributed by atoms with Crippen molar-refractivity contribution in [2.45, 2.75) is 0 Å². The van der Waals surface area contributed by atoms with Crippen LogP contribution in [-0.4, -0.2) is 4.98 Å². The summed E-state index contributed by atoms with van der Waals surface area (Å²) in [6.07, 6.45) is 3.61. The summed E-state index contributed by atoms with van der Waals surface area (Å²) >= 11 is 6.83. The number of aromatic nitrogens is 1. The molecule has 40 heavy (non-hydrogen) atoms. The Morgan fingerprint density at radius 2 is 1.07 bits per heavy atom. The Morgan fingerprint density at radius 1 is 0.500 bits per heavy atom. The van der Waals surface area contributed by atoms with E-state index < -0.39 is 6.04 Å². The van der Waals surface area contributed by atoms with E-state index in [-0.39, 0.29) is 0 Å². The second kappa shape index (κ2) is 9.02. The maximum atomic E-state index is 6.83. The van der Waals surface area contributed by atoms with Gasteiger partial charge in [0.2, 0.25) is 0 Å². The molecule has 2 aliphatic heterocycles. The summed E-state index contributed by atoms with van der Waals surface area (Å²) in [5.41, 5.74) is 6.50. The lowest BCUT2D eigenvalue weighted by Gasteiger charge is -2.38. The van der Waals surface area contributed by atoms with Gasteiger partial charge in [0.05, 0.1) is 11.3 Å². The Bertz CT molecular complexity index is 1960. The van der Waals surface area contributed by atoms with E-state index in [0.717, 1.165) is 72.3 Å². The van der Waals surface area contributed by atoms with Crippen LogP contribution in [0.15, 0.2) is 134 Å². The van der Waals surface area contributed by atoms with Crippen LogP contribution in [0.25, 0.3) is 33.4 Å². The molecule has 1 atom stereocenters. The molecule has 0 fully saturated rings. The fraction of sp³-hybridized carbons (Fsp3) is 0. The summed E-state index contributed by atoms with van der Waals surface area (Å²) in [6, 6.07) is 39.3. The van der Waals surface area contributed by atoms with Gasteiger partial charge in [-0.25, -0.2) is 0 Å². The van der Waals surface area contributed by atoms with Gasteiger partial charge in [-0.2, -0.15) is 0 Å². The first-order valence-corrected chi connectivity index (χ1v) is 15.9. The molecule has 2 aliphatic rings. The molecule has 0 saturated carbocycles. The lowest BCUT2D eigenvalue weighted by atomic mass is 10.0. The van der Waals surface area contributed by atoms with Crippen molar-refractivity contribution in [2.24, 2.45) is 0 Å². The molecule has 5 heteroatoms. The SMILES string of the molecule is S=P12c3ccc(-c4ccccc4)cc3Oc3ccc(-c4ccncc4)c(c31)Oc1cc(-c3ccccc3)ccc12. The summed E-state index contributed by atoms with van der Waals surface area (Å²) < 4.78 is 13.4. The van der Waals surface area contributed by atoms with Crippen LogP contribution in [0.5, 0.6) is 23.0 Å². The maximum Gasteiger partial charge on any atom is 0.148 e. The number of hydrogen-bond acceptors (Lipinski definition) is 4. The standard InChI is InChI=1S/C35H22NO2PS/c40-39-32-15-11-26(23-7-3-1-4-8-23)21-30(32)37-29-14-13-28(25-17-19-36-20-18-25)34(35(29)39)38-31-22-27(12-16-33(31)39)24-9-5-2-6-10-24/h1-22H. The lowest BCUT2D eigenvalue weighted by molar-refractivity contribution is 0.468. The number of pyridine rings is 1. The highest BCUT2D eigenvalue weighted by molar-refractivity contribution is 8.26. The van der Waals surface area contributed by atoms with Gasteiger partial charge in [-0.15, -0.1) is 0 Å². The predicted octanol–water partition coefficient (Wildman–Crippen LogP) is 8.05. The topological polar surface area (TPSA) is 31.4 Å². The Labute approximate surface area is 237 Å². The second-order valence-corrected chi connectivity index (χ2v) is 14.2. The summed E-state index contributed by atoms with van der Waals surface area (Å²) in [6.45, 7) is 0. The molecule has 5 aromatic carbocycles. The highest BCUT2D eigenvalue weighted by Crippen LogP contribution is 2.60. The van der Waals surface area contributed by atoms with Crippen molar-refractivity contribution in [2.75, 3.05) is 0 Å². The second-order valence-electron chi connectivity index (χ2n) is 9.94. The van der Waals surface area contributed by atoms with Gasteiger partial charge in [0, 0.05) is 28.6 Å². The van der Waals surface area contributed by atoms with Gasteiger partial charge < -0.3 is 9.47 Å². The quantitative estimate of drug-likeness (QED) is 0.208. The first-order chi connectivity index (χ1) is 19.7. The summed E-state index contributed by atoms with van der Waals surface area (Å²) in [5.74, 6) is 3.18. The molecule has 0 N–H and O–H groups in total. The molecule has 8 rings (SSSR count). The van der Waals surface area contributed by atoms with E-state index in [4.69, 9.17) is 21.3 Å². The van der Waals surface area contributed by atoms with Gasteiger partial charge in [0.15, 0.2) is 0 Å². The van der Waals surface area contributed by atoms with Crippen molar-refractivity contribution in [3.05, 3.63) is 134 Å². The molecule has 0 saturated heterocycles. The van der Waals surface area contributed by atoms with Gasteiger partial charge in [-0.05, 0) is 76.3 Å². The van der Waals surface area contributed by atoms with Crippen LogP contribution in [0, 0.1) is 0 Å². The zero-order valence-corrected chi connectivity index (χ0v) is 23.0. The number of rotatable bonds is 3. The fourth-order valence-electron chi connectivity index (χ4n) is 5.73. The molecule has 0 radical (unpaired) electrons. The highest BCUT2D eigenvalue weighted by Gasteiger charge is 2.43. The van der Waals surface area contributed by atoms with Crippen LogP contribution < -0.4 is 25.4 Å². The minimum atomic E-state index is -2.52. The van der Waals surface area contributed by atoms with Crippen LogP contribution in [0.1, 0.15) is 0 Å². The predicted molar refractivity (Wildman–Crippen MR) is 167 cm³/mol. The van der Waals surface area contributed by atoms with Gasteiger partial charge in [-0.3, -0.25) is 4.98 Å². The average molecular weight is 552 g/mol. The number of nitrogens with zero attached hydrogens (tertiary/aromatic N) is 1. The monoisotopic (exact) mass is 551 g/mol. The molecule has 0 aliphatic carbocycles. The van der Waals surface area contributed by atoms with E-state index in [1.54, 1.807) is 12.4 Å². The molecule has 3 nitrogen and oxygen atoms in total. The molecule has 0 spiro atoms. The zero-order valence-electron chi connectivity index (χ0n) is 21.3. The van der Waals surface area contributed by atoms with Crippen LogP contribution in [0.4, 0.5) is 0 Å². The van der Waals surface area contributed by atoms with E-state index in [2.05, 4.69) is 96.0 Å². The zero-order chi connectivity index (χ0) is 26.7. The lowest BCUT2D eigenvalue weighted by Crippen LogP contribution is -2.35. The smallest absolute Gasteiger partial charge is 0.148 e. The van der Waals surface area contributed by atoms with E-state index in [0.29, 0.717) is 0 Å². The molecule has 3 heterocycles. The van der Waals surface area contributed by atoms with Crippen LogP contribution in [0.2, 0.25) is 0 Å². The fourth-order valence-corrected chi connectivity index (χ4v) is 10.2. The third-order valence-electron chi connectivity index (χ3n) is 7.64. The Balaban J connectivity index is 1.39. The number of benzene rings is 5. The third kappa shape index (κ3) is 3.50. The van der Waals surface area contributed by atoms with Gasteiger partial charge >= 0.3 is 0 Å². The number of fused-ring (bicyclic) bond motifs is 4. The summed E-state index contributed by atoms with van der Waals surface area (Å²) in [5, 5.41) is 3.09. The Hall–Kier alpha value is -4.50. The average Bonchev–Trinajstić information content (AvgIpc) is 3.02. The largest absolute Gasteiger partial charge is 0.456 e. The first kappa shape index (κ1) is 23.4. The molecule has 0 bridgehead atoms. The first-order valence-electron chi connectivity index (χ1n) is 13.1. The Kier molecular flexibility index (Phi) is 5.28. The van der Waals surface area contributed by atoms with Crippen molar-refractivity contribution >= 4 is 33.8 Å². The molecule has 190 valence electrons. The van der Waals surface area contributed by atoms with E-state index >= 15 is 0 Å². The molecular weight excluding hydrogens is 529 g/mol. The van der Waals surface area contributed by atoms with Crippen molar-refractivity contribution in [3.8, 4) is 56.4 Å². The van der Waals surface area contributed by atoms with Crippen molar-refractivity contribution in [1.29, 1.82) is 0 Å². The Morgan fingerprint density at radius 3 is 1.68 bits per heavy atom. The highest BCUT2D eigenvalue weighted by atomic mass is 32.4. The molecule has 6 aromatic rings.